The predicted octanol–water partition coefficient (Wildman–Crippen LogP) is 3.73. The predicted molar refractivity (Wildman–Crippen MR) is 125 cm³/mol. The smallest absolute Gasteiger partial charge is 0.485 e. The molecule has 0 bridgehead atoms. The molecule has 194 valence electrons. The van der Waals surface area contributed by atoms with Crippen molar-refractivity contribution < 1.29 is 37.3 Å². The zero-order valence-corrected chi connectivity index (χ0v) is 19.3. The second-order valence-electron chi connectivity index (χ2n) is 8.44. The van der Waals surface area contributed by atoms with Crippen LogP contribution in [0.2, 0.25) is 0 Å². The number of aliphatic carboxylic acids is 1. The molecule has 2 aliphatic rings. The van der Waals surface area contributed by atoms with E-state index in [1.165, 1.54) is 0 Å². The molecule has 1 saturated carbocycles. The van der Waals surface area contributed by atoms with Gasteiger partial charge in [-0.3, -0.25) is 14.6 Å². The van der Waals surface area contributed by atoms with E-state index >= 15 is 0 Å². The van der Waals surface area contributed by atoms with Gasteiger partial charge in [0, 0.05) is 30.7 Å². The van der Waals surface area contributed by atoms with Crippen molar-refractivity contribution in [3.05, 3.63) is 71.4 Å². The minimum Gasteiger partial charge on any atom is -0.485 e. The summed E-state index contributed by atoms with van der Waals surface area (Å²) < 4.78 is 44.8. The van der Waals surface area contributed by atoms with E-state index in [2.05, 4.69) is 10.3 Å². The van der Waals surface area contributed by atoms with Gasteiger partial charge in [0.1, 0.15) is 12.3 Å². The number of nitrogens with zero attached hydrogens (tertiary/aromatic N) is 2. The minimum atomic E-state index is -5.08. The van der Waals surface area contributed by atoms with E-state index in [1.54, 1.807) is 35.2 Å². The van der Waals surface area contributed by atoms with Gasteiger partial charge in [-0.1, -0.05) is 12.1 Å². The Bertz CT molecular complexity index is 1340. The van der Waals surface area contributed by atoms with Crippen LogP contribution in [0, 0.1) is 5.92 Å². The Hall–Kier alpha value is -4.35. The van der Waals surface area contributed by atoms with Crippen LogP contribution < -0.4 is 20.3 Å². The molecule has 12 heteroatoms. The molecule has 0 radical (unpaired) electrons. The molecule has 0 spiro atoms. The van der Waals surface area contributed by atoms with Crippen LogP contribution in [-0.2, 0) is 16.1 Å². The number of para-hydroxylation sites is 2. The monoisotopic (exact) mass is 517 g/mol. The van der Waals surface area contributed by atoms with Crippen LogP contribution in [0.15, 0.2) is 65.8 Å². The number of nitrogens with one attached hydrogen (secondary N) is 1. The van der Waals surface area contributed by atoms with Crippen molar-refractivity contribution in [2.75, 3.05) is 11.9 Å². The molecule has 37 heavy (non-hydrogen) atoms. The molecule has 1 aliphatic carbocycles. The summed E-state index contributed by atoms with van der Waals surface area (Å²) in [6.07, 6.45) is 1.59. The molecule has 5 rings (SSSR count). The summed E-state index contributed by atoms with van der Waals surface area (Å²) in [7, 11) is 0. The summed E-state index contributed by atoms with van der Waals surface area (Å²) in [6, 6.07) is 12.7. The van der Waals surface area contributed by atoms with Crippen molar-refractivity contribution in [1.29, 1.82) is 0 Å². The number of carbonyl (C=O) groups is 2. The van der Waals surface area contributed by atoms with E-state index in [9.17, 15) is 22.8 Å². The molecule has 3 aromatic rings. The maximum absolute atomic E-state index is 13.0. The number of aromatic nitrogens is 2. The lowest BCUT2D eigenvalue weighted by Gasteiger charge is -2.25. The number of alkyl halides is 3. The Labute approximate surface area is 208 Å². The quantitative estimate of drug-likeness (QED) is 0.529. The van der Waals surface area contributed by atoms with E-state index in [0.29, 0.717) is 24.0 Å². The third kappa shape index (κ3) is 6.66. The molecule has 1 aliphatic heterocycles. The number of pyridine rings is 2. The fourth-order valence-electron chi connectivity index (χ4n) is 3.50. The van der Waals surface area contributed by atoms with Gasteiger partial charge < -0.3 is 24.5 Å². The maximum Gasteiger partial charge on any atom is 0.490 e. The highest BCUT2D eigenvalue weighted by Gasteiger charge is 2.38. The number of ether oxygens (including phenoxy) is 2. The summed E-state index contributed by atoms with van der Waals surface area (Å²) in [5, 5.41) is 9.89. The summed E-state index contributed by atoms with van der Waals surface area (Å²) >= 11 is 0. The fraction of sp³-hybridized carbons (Fsp3) is 0.280. The van der Waals surface area contributed by atoms with Crippen molar-refractivity contribution in [1.82, 2.24) is 9.55 Å². The molecule has 1 fully saturated rings. The van der Waals surface area contributed by atoms with Crippen LogP contribution in [-0.4, -0.2) is 45.4 Å². The topological polar surface area (TPSA) is 120 Å². The highest BCUT2D eigenvalue weighted by molar-refractivity contribution is 5.95. The SMILES string of the molecule is O=C(Nc1cc(-c2ccncc2)cn(CC2CC2)c1=O)[C@H]1COc2ccccc2O1.O=C(O)C(F)(F)F. The largest absolute Gasteiger partial charge is 0.490 e. The normalized spacial score (nSPS) is 16.2. The van der Waals surface area contributed by atoms with Crippen molar-refractivity contribution in [3.63, 3.8) is 0 Å². The molecular formula is C25H22F3N3O6. The van der Waals surface area contributed by atoms with E-state index in [1.807, 2.05) is 30.5 Å². The number of amides is 1. The van der Waals surface area contributed by atoms with Crippen LogP contribution in [0.1, 0.15) is 12.8 Å². The van der Waals surface area contributed by atoms with Gasteiger partial charge in [0.2, 0.25) is 6.10 Å². The third-order valence-electron chi connectivity index (χ3n) is 5.55. The highest BCUT2D eigenvalue weighted by Crippen LogP contribution is 2.32. The number of hydrogen-bond acceptors (Lipinski definition) is 6. The van der Waals surface area contributed by atoms with Gasteiger partial charge in [-0.2, -0.15) is 13.2 Å². The molecule has 2 aromatic heterocycles. The average molecular weight is 517 g/mol. The molecule has 2 N–H and O–H groups in total. The first-order valence-corrected chi connectivity index (χ1v) is 11.3. The summed E-state index contributed by atoms with van der Waals surface area (Å²) in [5.41, 5.74) is 1.79. The lowest BCUT2D eigenvalue weighted by Crippen LogP contribution is -2.41. The van der Waals surface area contributed by atoms with Crippen LogP contribution >= 0.6 is 0 Å². The van der Waals surface area contributed by atoms with E-state index in [0.717, 1.165) is 24.0 Å². The van der Waals surface area contributed by atoms with Gasteiger partial charge in [-0.15, -0.1) is 0 Å². The Kier molecular flexibility index (Phi) is 7.46. The van der Waals surface area contributed by atoms with Crippen LogP contribution in [0.4, 0.5) is 18.9 Å². The fourth-order valence-corrected chi connectivity index (χ4v) is 3.50. The Morgan fingerprint density at radius 2 is 1.73 bits per heavy atom. The molecular weight excluding hydrogens is 495 g/mol. The lowest BCUT2D eigenvalue weighted by molar-refractivity contribution is -0.192. The molecule has 0 saturated heterocycles. The van der Waals surface area contributed by atoms with E-state index in [-0.39, 0.29) is 17.9 Å². The first kappa shape index (κ1) is 25.7. The first-order chi connectivity index (χ1) is 17.6. The number of fused-ring (bicyclic) bond motifs is 1. The van der Waals surface area contributed by atoms with Crippen molar-refractivity contribution in [2.45, 2.75) is 31.7 Å². The molecule has 0 unspecified atom stereocenters. The number of hydrogen-bond donors (Lipinski definition) is 2. The summed E-state index contributed by atoms with van der Waals surface area (Å²) in [4.78, 5) is 38.8. The van der Waals surface area contributed by atoms with Crippen molar-refractivity contribution in [3.8, 4) is 22.6 Å². The Morgan fingerprint density at radius 1 is 1.08 bits per heavy atom. The maximum atomic E-state index is 13.0. The van der Waals surface area contributed by atoms with E-state index in [4.69, 9.17) is 19.4 Å². The van der Waals surface area contributed by atoms with Gasteiger partial charge in [0.25, 0.3) is 11.5 Å². The first-order valence-electron chi connectivity index (χ1n) is 11.3. The lowest BCUT2D eigenvalue weighted by atomic mass is 10.1. The van der Waals surface area contributed by atoms with Crippen LogP contribution in [0.3, 0.4) is 0 Å². The Morgan fingerprint density at radius 3 is 2.35 bits per heavy atom. The van der Waals surface area contributed by atoms with Gasteiger partial charge in [-0.25, -0.2) is 4.79 Å². The molecule has 1 atom stereocenters. The van der Waals surface area contributed by atoms with Gasteiger partial charge in [0.15, 0.2) is 11.5 Å². The molecule has 3 heterocycles. The number of anilines is 1. The number of benzene rings is 1. The van der Waals surface area contributed by atoms with Crippen molar-refractivity contribution >= 4 is 17.6 Å². The zero-order chi connectivity index (χ0) is 26.6. The second-order valence-corrected chi connectivity index (χ2v) is 8.44. The molecule has 1 aromatic carbocycles. The number of rotatable bonds is 5. The Balaban J connectivity index is 0.000000405. The minimum absolute atomic E-state index is 0.0865. The number of halogens is 3. The van der Waals surface area contributed by atoms with Gasteiger partial charge in [0.05, 0.1) is 0 Å². The zero-order valence-electron chi connectivity index (χ0n) is 19.3. The highest BCUT2D eigenvalue weighted by atomic mass is 19.4. The molecule has 9 nitrogen and oxygen atoms in total. The van der Waals surface area contributed by atoms with Crippen LogP contribution in [0.5, 0.6) is 11.5 Å². The summed E-state index contributed by atoms with van der Waals surface area (Å²) in [5.74, 6) is -1.53. The summed E-state index contributed by atoms with van der Waals surface area (Å²) in [6.45, 7) is 0.736. The van der Waals surface area contributed by atoms with Gasteiger partial charge in [-0.05, 0) is 54.7 Å². The number of carboxylic acid groups (broad SMARTS) is 1. The van der Waals surface area contributed by atoms with E-state index < -0.39 is 24.2 Å². The van der Waals surface area contributed by atoms with Crippen molar-refractivity contribution in [2.24, 2.45) is 5.92 Å². The standard InChI is InChI=1S/C23H21N3O4.C2HF3O2/c27-22(21-14-29-19-3-1-2-4-20(19)30-21)25-18-11-17(16-7-9-24-10-8-16)13-26(23(18)28)12-15-5-6-15;3-2(4,5)1(6)7/h1-4,7-11,13,15,21H,5-6,12,14H2,(H,25,27);(H,6,7)/t21-;/m1./s1. The third-order valence-corrected chi connectivity index (χ3v) is 5.55. The number of carbonyl (C=O) groups excluding carboxylic acids is 1. The molecule has 1 amide bonds. The number of carboxylic acids is 1. The second kappa shape index (κ2) is 10.7. The van der Waals surface area contributed by atoms with Gasteiger partial charge >= 0.3 is 12.1 Å². The average Bonchev–Trinajstić information content (AvgIpc) is 3.70. The van der Waals surface area contributed by atoms with Crippen LogP contribution in [0.25, 0.3) is 11.1 Å².